The first-order valence-corrected chi connectivity index (χ1v) is 6.74. The summed E-state index contributed by atoms with van der Waals surface area (Å²) in [6.07, 6.45) is 2.37. The van der Waals surface area contributed by atoms with Crippen LogP contribution in [0.5, 0.6) is 0 Å². The zero-order chi connectivity index (χ0) is 13.0. The van der Waals surface area contributed by atoms with Crippen LogP contribution in [0, 0.1) is 12.8 Å². The molecule has 4 heteroatoms. The SMILES string of the molecule is COCC1CCN(C(CN)c2ccc(C)o2)CC1. The number of methoxy groups -OCH3 is 1. The Bertz CT molecular complexity index is 356. The van der Waals surface area contributed by atoms with Gasteiger partial charge in [0.2, 0.25) is 0 Å². The molecule has 0 aromatic carbocycles. The number of furan rings is 1. The molecule has 1 aromatic heterocycles. The second kappa shape index (κ2) is 6.36. The van der Waals surface area contributed by atoms with Gasteiger partial charge in [-0.15, -0.1) is 0 Å². The first-order valence-electron chi connectivity index (χ1n) is 6.74. The topological polar surface area (TPSA) is 51.6 Å². The van der Waals surface area contributed by atoms with Crippen molar-refractivity contribution in [3.05, 3.63) is 23.7 Å². The fourth-order valence-electron chi connectivity index (χ4n) is 2.74. The molecule has 0 radical (unpaired) electrons. The van der Waals surface area contributed by atoms with Crippen LogP contribution in [0.25, 0.3) is 0 Å². The lowest BCUT2D eigenvalue weighted by atomic mass is 9.96. The van der Waals surface area contributed by atoms with Gasteiger partial charge in [-0.25, -0.2) is 0 Å². The number of ether oxygens (including phenoxy) is 1. The van der Waals surface area contributed by atoms with Crippen molar-refractivity contribution in [2.75, 3.05) is 33.4 Å². The van der Waals surface area contributed by atoms with Gasteiger partial charge < -0.3 is 14.9 Å². The van der Waals surface area contributed by atoms with E-state index in [1.54, 1.807) is 7.11 Å². The summed E-state index contributed by atoms with van der Waals surface area (Å²) < 4.78 is 10.9. The summed E-state index contributed by atoms with van der Waals surface area (Å²) in [5.74, 6) is 2.65. The summed E-state index contributed by atoms with van der Waals surface area (Å²) in [6.45, 7) is 5.62. The molecular weight excluding hydrogens is 228 g/mol. The van der Waals surface area contributed by atoms with E-state index in [2.05, 4.69) is 4.90 Å². The van der Waals surface area contributed by atoms with Gasteiger partial charge in [0, 0.05) is 20.3 Å². The van der Waals surface area contributed by atoms with Gasteiger partial charge in [-0.1, -0.05) is 0 Å². The Balaban J connectivity index is 1.94. The fraction of sp³-hybridized carbons (Fsp3) is 0.714. The molecule has 1 unspecified atom stereocenters. The quantitative estimate of drug-likeness (QED) is 0.870. The third-order valence-corrected chi connectivity index (χ3v) is 3.81. The summed E-state index contributed by atoms with van der Waals surface area (Å²) in [6, 6.07) is 4.28. The molecule has 4 nitrogen and oxygen atoms in total. The average molecular weight is 252 g/mol. The van der Waals surface area contributed by atoms with Gasteiger partial charge >= 0.3 is 0 Å². The first-order chi connectivity index (χ1) is 8.74. The predicted molar refractivity (Wildman–Crippen MR) is 71.4 cm³/mol. The van der Waals surface area contributed by atoms with E-state index in [0.717, 1.165) is 31.2 Å². The molecule has 1 aromatic rings. The number of nitrogens with two attached hydrogens (primary N) is 1. The summed E-state index contributed by atoms with van der Waals surface area (Å²) in [5, 5.41) is 0. The van der Waals surface area contributed by atoms with Crippen molar-refractivity contribution in [3.63, 3.8) is 0 Å². The Morgan fingerprint density at radius 2 is 2.17 bits per heavy atom. The van der Waals surface area contributed by atoms with Gasteiger partial charge in [-0.05, 0) is 50.9 Å². The maximum absolute atomic E-state index is 5.91. The molecule has 1 fully saturated rings. The van der Waals surface area contributed by atoms with Crippen molar-refractivity contribution in [1.82, 2.24) is 4.90 Å². The van der Waals surface area contributed by atoms with Crippen molar-refractivity contribution in [1.29, 1.82) is 0 Å². The first kappa shape index (κ1) is 13.6. The van der Waals surface area contributed by atoms with Crippen LogP contribution in [0.3, 0.4) is 0 Å². The van der Waals surface area contributed by atoms with Gasteiger partial charge in [0.05, 0.1) is 6.04 Å². The van der Waals surface area contributed by atoms with Crippen molar-refractivity contribution in [2.24, 2.45) is 11.7 Å². The fourth-order valence-corrected chi connectivity index (χ4v) is 2.74. The Morgan fingerprint density at radius 1 is 1.44 bits per heavy atom. The molecule has 0 amide bonds. The molecule has 18 heavy (non-hydrogen) atoms. The molecule has 1 aliphatic heterocycles. The largest absolute Gasteiger partial charge is 0.465 e. The minimum absolute atomic E-state index is 0.224. The predicted octanol–water partition coefficient (Wildman–Crippen LogP) is 1.95. The molecule has 0 spiro atoms. The van der Waals surface area contributed by atoms with Crippen LogP contribution in [0.2, 0.25) is 0 Å². The van der Waals surface area contributed by atoms with Gasteiger partial charge in [-0.3, -0.25) is 4.90 Å². The van der Waals surface area contributed by atoms with E-state index in [-0.39, 0.29) is 6.04 Å². The standard InChI is InChI=1S/C14H24N2O2/c1-11-3-4-14(18-11)13(9-15)16-7-5-12(6-8-16)10-17-2/h3-4,12-13H,5-10,15H2,1-2H3. The molecular formula is C14H24N2O2. The van der Waals surface area contributed by atoms with Gasteiger partial charge in [0.1, 0.15) is 11.5 Å². The highest BCUT2D eigenvalue weighted by atomic mass is 16.5. The summed E-state index contributed by atoms with van der Waals surface area (Å²) in [7, 11) is 1.78. The van der Waals surface area contributed by atoms with Crippen molar-refractivity contribution < 1.29 is 9.15 Å². The normalized spacial score (nSPS) is 20.2. The molecule has 1 aliphatic rings. The number of likely N-dealkylation sites (tertiary alicyclic amines) is 1. The van der Waals surface area contributed by atoms with Crippen LogP contribution in [0.4, 0.5) is 0 Å². The second-order valence-corrected chi connectivity index (χ2v) is 5.13. The minimum atomic E-state index is 0.224. The minimum Gasteiger partial charge on any atom is -0.465 e. The average Bonchev–Trinajstić information content (AvgIpc) is 2.79. The van der Waals surface area contributed by atoms with Gasteiger partial charge in [-0.2, -0.15) is 0 Å². The highest BCUT2D eigenvalue weighted by molar-refractivity contribution is 5.10. The molecule has 2 N–H and O–H groups in total. The molecule has 0 bridgehead atoms. The molecule has 0 saturated carbocycles. The smallest absolute Gasteiger partial charge is 0.122 e. The van der Waals surface area contributed by atoms with Crippen molar-refractivity contribution in [3.8, 4) is 0 Å². The van der Waals surface area contributed by atoms with Crippen molar-refractivity contribution in [2.45, 2.75) is 25.8 Å². The lowest BCUT2D eigenvalue weighted by Gasteiger charge is -2.36. The van der Waals surface area contributed by atoms with E-state index >= 15 is 0 Å². The van der Waals surface area contributed by atoms with E-state index in [4.69, 9.17) is 14.9 Å². The van der Waals surface area contributed by atoms with Crippen LogP contribution < -0.4 is 5.73 Å². The van der Waals surface area contributed by atoms with Crippen molar-refractivity contribution >= 4 is 0 Å². The summed E-state index contributed by atoms with van der Waals surface area (Å²) in [4.78, 5) is 2.43. The number of piperidine rings is 1. The highest BCUT2D eigenvalue weighted by Crippen LogP contribution is 2.27. The van der Waals surface area contributed by atoms with E-state index in [1.807, 2.05) is 19.1 Å². The lowest BCUT2D eigenvalue weighted by Crippen LogP contribution is -2.40. The Labute approximate surface area is 109 Å². The number of aryl methyl sites for hydroxylation is 1. The third kappa shape index (κ3) is 3.13. The van der Waals surface area contributed by atoms with E-state index in [1.165, 1.54) is 12.8 Å². The number of nitrogens with zero attached hydrogens (tertiary/aromatic N) is 1. The van der Waals surface area contributed by atoms with Crippen LogP contribution in [0.15, 0.2) is 16.5 Å². The van der Waals surface area contributed by atoms with E-state index < -0.39 is 0 Å². The highest BCUT2D eigenvalue weighted by Gasteiger charge is 2.26. The van der Waals surface area contributed by atoms with Gasteiger partial charge in [0.15, 0.2) is 0 Å². The zero-order valence-corrected chi connectivity index (χ0v) is 11.4. The van der Waals surface area contributed by atoms with Crippen LogP contribution in [0.1, 0.15) is 30.4 Å². The molecule has 2 heterocycles. The maximum atomic E-state index is 5.91. The van der Waals surface area contributed by atoms with E-state index in [9.17, 15) is 0 Å². The Kier molecular flexibility index (Phi) is 4.80. The van der Waals surface area contributed by atoms with Crippen LogP contribution >= 0.6 is 0 Å². The van der Waals surface area contributed by atoms with E-state index in [0.29, 0.717) is 12.5 Å². The molecule has 1 saturated heterocycles. The molecule has 0 aliphatic carbocycles. The number of rotatable bonds is 5. The zero-order valence-electron chi connectivity index (χ0n) is 11.4. The maximum Gasteiger partial charge on any atom is 0.122 e. The number of hydrogen-bond donors (Lipinski definition) is 1. The Hall–Kier alpha value is -0.840. The van der Waals surface area contributed by atoms with Crippen LogP contribution in [-0.2, 0) is 4.74 Å². The molecule has 2 rings (SSSR count). The molecule has 102 valence electrons. The number of hydrogen-bond acceptors (Lipinski definition) is 4. The molecule has 1 atom stereocenters. The van der Waals surface area contributed by atoms with Crippen LogP contribution in [-0.4, -0.2) is 38.3 Å². The summed E-state index contributed by atoms with van der Waals surface area (Å²) in [5.41, 5.74) is 5.91. The second-order valence-electron chi connectivity index (χ2n) is 5.13. The third-order valence-electron chi connectivity index (χ3n) is 3.81. The summed E-state index contributed by atoms with van der Waals surface area (Å²) >= 11 is 0. The monoisotopic (exact) mass is 252 g/mol. The lowest BCUT2D eigenvalue weighted by molar-refractivity contribution is 0.0753. The Morgan fingerprint density at radius 3 is 2.67 bits per heavy atom. The van der Waals surface area contributed by atoms with Gasteiger partial charge in [0.25, 0.3) is 0 Å².